The summed E-state index contributed by atoms with van der Waals surface area (Å²) >= 11 is 0. The third kappa shape index (κ3) is 39.9. The molecule has 0 aromatic heterocycles. The molecule has 0 heterocycles. The Morgan fingerprint density at radius 3 is 1.78 bits per heavy atom. The van der Waals surface area contributed by atoms with Crippen LogP contribution in [0.15, 0.2) is 36.5 Å². The van der Waals surface area contributed by atoms with Gasteiger partial charge in [0.1, 0.15) is 6.61 Å². The topological polar surface area (TPSA) is 140 Å². The summed E-state index contributed by atoms with van der Waals surface area (Å²) in [4.78, 5) is 42.9. The molecular weight excluding hydrogens is 703 g/mol. The van der Waals surface area contributed by atoms with E-state index in [0.717, 1.165) is 38.0 Å². The van der Waals surface area contributed by atoms with Crippen LogP contribution in [0, 0.1) is 5.92 Å². The number of allylic oxidation sites excluding steroid dienone is 5. The van der Waals surface area contributed by atoms with E-state index < -0.39 is 38.6 Å². The van der Waals surface area contributed by atoms with Crippen LogP contribution in [-0.4, -0.2) is 52.3 Å². The van der Waals surface area contributed by atoms with Crippen LogP contribution in [0.4, 0.5) is 0 Å². The normalized spacial score (nSPS) is 14.0. The number of unbranched alkanes of at least 4 members (excludes halogenated alkanes) is 19. The Labute approximate surface area is 330 Å². The van der Waals surface area contributed by atoms with E-state index >= 15 is 0 Å². The average molecular weight is 785 g/mol. The van der Waals surface area contributed by atoms with Crippen LogP contribution in [0.5, 0.6) is 0 Å². The molecule has 0 aromatic carbocycles. The molecule has 3 atom stereocenters. The first-order valence-corrected chi connectivity index (χ1v) is 23.3. The predicted octanol–water partition coefficient (Wildman–Crippen LogP) is 12.2. The van der Waals surface area contributed by atoms with Gasteiger partial charge >= 0.3 is 19.8 Å². The molecule has 0 aromatic rings. The Balaban J connectivity index is 4.06. The summed E-state index contributed by atoms with van der Waals surface area (Å²) in [6.07, 6.45) is 40.4. The first kappa shape index (κ1) is 52.2. The van der Waals surface area contributed by atoms with Crippen molar-refractivity contribution in [3.63, 3.8) is 0 Å². The average Bonchev–Trinajstić information content (AvgIpc) is 3.13. The van der Waals surface area contributed by atoms with Gasteiger partial charge in [0.25, 0.3) is 0 Å². The van der Waals surface area contributed by atoms with Crippen molar-refractivity contribution in [3.05, 3.63) is 36.5 Å². The van der Waals surface area contributed by atoms with Crippen molar-refractivity contribution in [3.8, 4) is 0 Å². The highest BCUT2D eigenvalue weighted by Crippen LogP contribution is 2.36. The minimum Gasteiger partial charge on any atom is -0.462 e. The summed E-state index contributed by atoms with van der Waals surface area (Å²) < 4.78 is 26.3. The fraction of sp³-hybridized carbons (Fsp3) is 0.818. The minimum absolute atomic E-state index is 0.0107. The molecule has 9 nitrogen and oxygen atoms in total. The molecular formula is C44H81O9P. The molecule has 0 spiro atoms. The lowest BCUT2D eigenvalue weighted by Gasteiger charge is -2.18. The van der Waals surface area contributed by atoms with Gasteiger partial charge in [0.2, 0.25) is 0 Å². The summed E-state index contributed by atoms with van der Waals surface area (Å²) in [5.74, 6) is -0.201. The molecule has 0 aliphatic heterocycles. The van der Waals surface area contributed by atoms with Crippen LogP contribution < -0.4 is 0 Å². The molecule has 0 aliphatic rings. The van der Waals surface area contributed by atoms with Gasteiger partial charge < -0.3 is 24.4 Å². The third-order valence-corrected chi connectivity index (χ3v) is 10.3. The molecule has 0 rings (SSSR count). The molecule has 0 saturated heterocycles. The van der Waals surface area contributed by atoms with E-state index in [1.807, 2.05) is 12.2 Å². The molecule has 10 heteroatoms. The zero-order valence-electron chi connectivity index (χ0n) is 34.6. The van der Waals surface area contributed by atoms with E-state index in [-0.39, 0.29) is 19.4 Å². The van der Waals surface area contributed by atoms with Crippen molar-refractivity contribution in [1.29, 1.82) is 0 Å². The van der Waals surface area contributed by atoms with Crippen LogP contribution in [0.2, 0.25) is 0 Å². The van der Waals surface area contributed by atoms with Gasteiger partial charge in [0, 0.05) is 12.8 Å². The third-order valence-electron chi connectivity index (χ3n) is 9.81. The SMILES string of the molecule is CCCCCCCC/C=C/C/C=C/C=C/C(O)CCCC(=O)O[C@H](COC(=O)CCCCCCCCCCCCCCCCC(C)CC)COP(=O)(O)O. The Morgan fingerprint density at radius 2 is 1.19 bits per heavy atom. The fourth-order valence-corrected chi connectivity index (χ4v) is 6.48. The number of carbonyl (C=O) groups excluding carboxylic acids is 2. The second kappa shape index (κ2) is 38.1. The molecule has 0 bridgehead atoms. The van der Waals surface area contributed by atoms with Gasteiger partial charge in [0.05, 0.1) is 12.7 Å². The van der Waals surface area contributed by atoms with Crippen LogP contribution in [0.1, 0.15) is 201 Å². The van der Waals surface area contributed by atoms with Crippen molar-refractivity contribution in [2.75, 3.05) is 13.2 Å². The number of carbonyl (C=O) groups is 2. The number of hydrogen-bond acceptors (Lipinski definition) is 7. The maximum absolute atomic E-state index is 12.4. The van der Waals surface area contributed by atoms with E-state index in [0.29, 0.717) is 19.3 Å². The lowest BCUT2D eigenvalue weighted by molar-refractivity contribution is -0.161. The Morgan fingerprint density at radius 1 is 0.630 bits per heavy atom. The van der Waals surface area contributed by atoms with E-state index in [4.69, 9.17) is 19.3 Å². The maximum Gasteiger partial charge on any atom is 0.469 e. The highest BCUT2D eigenvalue weighted by molar-refractivity contribution is 7.46. The minimum atomic E-state index is -4.81. The number of phosphoric ester groups is 1. The molecule has 54 heavy (non-hydrogen) atoms. The molecule has 0 amide bonds. The molecule has 2 unspecified atom stereocenters. The zero-order chi connectivity index (χ0) is 40.0. The van der Waals surface area contributed by atoms with Crippen LogP contribution >= 0.6 is 7.82 Å². The van der Waals surface area contributed by atoms with E-state index in [2.05, 4.69) is 37.4 Å². The van der Waals surface area contributed by atoms with Crippen molar-refractivity contribution in [1.82, 2.24) is 0 Å². The molecule has 316 valence electrons. The Kier molecular flexibility index (Phi) is 36.9. The summed E-state index contributed by atoms with van der Waals surface area (Å²) in [6.45, 7) is 5.90. The van der Waals surface area contributed by atoms with Crippen molar-refractivity contribution in [2.24, 2.45) is 5.92 Å². The summed E-state index contributed by atoms with van der Waals surface area (Å²) in [7, 11) is -4.81. The number of phosphoric acid groups is 1. The second-order valence-electron chi connectivity index (χ2n) is 15.1. The summed E-state index contributed by atoms with van der Waals surface area (Å²) in [6, 6.07) is 0. The van der Waals surface area contributed by atoms with Crippen molar-refractivity contribution >= 4 is 19.8 Å². The summed E-state index contributed by atoms with van der Waals surface area (Å²) in [5, 5.41) is 10.2. The number of esters is 2. The van der Waals surface area contributed by atoms with E-state index in [9.17, 15) is 19.3 Å². The highest BCUT2D eigenvalue weighted by atomic mass is 31.2. The van der Waals surface area contributed by atoms with Crippen LogP contribution in [0.25, 0.3) is 0 Å². The smallest absolute Gasteiger partial charge is 0.462 e. The van der Waals surface area contributed by atoms with Crippen molar-refractivity contribution in [2.45, 2.75) is 213 Å². The van der Waals surface area contributed by atoms with Gasteiger partial charge in [-0.25, -0.2) is 4.57 Å². The van der Waals surface area contributed by atoms with E-state index in [1.165, 1.54) is 116 Å². The largest absolute Gasteiger partial charge is 0.469 e. The Hall–Kier alpha value is -1.77. The molecule has 0 aliphatic carbocycles. The quantitative estimate of drug-likeness (QED) is 0.0183. The molecule has 0 fully saturated rings. The van der Waals surface area contributed by atoms with Crippen molar-refractivity contribution < 1.29 is 43.0 Å². The van der Waals surface area contributed by atoms with Gasteiger partial charge in [-0.3, -0.25) is 14.1 Å². The number of aliphatic hydroxyl groups is 1. The number of aliphatic hydroxyl groups excluding tert-OH is 1. The molecule has 0 saturated carbocycles. The monoisotopic (exact) mass is 785 g/mol. The summed E-state index contributed by atoms with van der Waals surface area (Å²) in [5.41, 5.74) is 0. The van der Waals surface area contributed by atoms with Gasteiger partial charge in [-0.05, 0) is 44.4 Å². The lowest BCUT2D eigenvalue weighted by Crippen LogP contribution is -2.29. The number of rotatable bonds is 39. The van der Waals surface area contributed by atoms with Gasteiger partial charge in [-0.2, -0.15) is 0 Å². The van der Waals surface area contributed by atoms with Crippen LogP contribution in [0.3, 0.4) is 0 Å². The molecule has 3 N–H and O–H groups in total. The van der Waals surface area contributed by atoms with E-state index in [1.54, 1.807) is 12.2 Å². The standard InChI is InChI=1S/C44H81O9P/c1-4-6-7-8-9-10-11-14-18-21-24-27-30-34-41(45)35-32-37-44(47)53-42(39-52-54(48,49)50)38-51-43(46)36-31-28-25-22-19-16-13-12-15-17-20-23-26-29-33-40(3)5-2/h14,18,24,27,30,34,40-42,45H,4-13,15-17,19-23,25-26,28-29,31-33,35-39H2,1-3H3,(H2,48,49,50)/b18-14+,27-24+,34-30+/t40?,41?,42-/m1/s1. The van der Waals surface area contributed by atoms with Crippen LogP contribution in [-0.2, 0) is 28.2 Å². The second-order valence-corrected chi connectivity index (χ2v) is 16.4. The molecule has 0 radical (unpaired) electrons. The lowest BCUT2D eigenvalue weighted by atomic mass is 9.99. The number of ether oxygens (including phenoxy) is 2. The zero-order valence-corrected chi connectivity index (χ0v) is 35.5. The van der Waals surface area contributed by atoms with Gasteiger partial charge in [-0.15, -0.1) is 0 Å². The van der Waals surface area contributed by atoms with Gasteiger partial charge in [0.15, 0.2) is 6.10 Å². The first-order valence-electron chi connectivity index (χ1n) is 21.8. The number of hydrogen-bond donors (Lipinski definition) is 3. The maximum atomic E-state index is 12.4. The van der Waals surface area contributed by atoms with Gasteiger partial charge in [-0.1, -0.05) is 186 Å². The highest BCUT2D eigenvalue weighted by Gasteiger charge is 2.23. The Bertz CT molecular complexity index is 1010. The predicted molar refractivity (Wildman–Crippen MR) is 222 cm³/mol. The first-order chi connectivity index (χ1) is 26.1. The fourth-order valence-electron chi connectivity index (χ4n) is 6.12.